The highest BCUT2D eigenvalue weighted by atomic mass is 15.2. The summed E-state index contributed by atoms with van der Waals surface area (Å²) in [7, 11) is 0. The molecule has 0 aromatic rings. The van der Waals surface area contributed by atoms with E-state index in [0.29, 0.717) is 18.2 Å². The van der Waals surface area contributed by atoms with Crippen LogP contribution in [0.3, 0.4) is 0 Å². The molecular weight excluding hydrogens is 160 g/mol. The smallest absolute Gasteiger partial charge is 0.0604 e. The summed E-state index contributed by atoms with van der Waals surface area (Å²) < 4.78 is 0. The zero-order valence-corrected chi connectivity index (χ0v) is 9.43. The Morgan fingerprint density at radius 1 is 0.923 bits per heavy atom. The quantitative estimate of drug-likeness (QED) is 0.639. The molecule has 1 aliphatic rings. The predicted molar refractivity (Wildman–Crippen MR) is 57.7 cm³/mol. The summed E-state index contributed by atoms with van der Waals surface area (Å²) in [4.78, 5) is 0. The summed E-state index contributed by atoms with van der Waals surface area (Å²) in [6.07, 6.45) is 4.74. The van der Waals surface area contributed by atoms with Gasteiger partial charge in [-0.3, -0.25) is 10.6 Å². The van der Waals surface area contributed by atoms with Crippen LogP contribution in [0.15, 0.2) is 0 Å². The van der Waals surface area contributed by atoms with Gasteiger partial charge in [0.25, 0.3) is 0 Å². The molecule has 0 saturated heterocycles. The second kappa shape index (κ2) is 4.97. The Morgan fingerprint density at radius 3 is 1.62 bits per heavy atom. The van der Waals surface area contributed by atoms with Gasteiger partial charge in [0.1, 0.15) is 0 Å². The number of rotatable bonds is 5. The van der Waals surface area contributed by atoms with Gasteiger partial charge < -0.3 is 0 Å². The molecular formula is C11H24N2. The Kier molecular flexibility index (Phi) is 4.20. The van der Waals surface area contributed by atoms with Crippen molar-refractivity contribution in [1.29, 1.82) is 0 Å². The fourth-order valence-electron chi connectivity index (χ4n) is 1.81. The number of hydrogen-bond acceptors (Lipinski definition) is 2. The van der Waals surface area contributed by atoms with Crippen molar-refractivity contribution in [1.82, 2.24) is 10.6 Å². The summed E-state index contributed by atoms with van der Waals surface area (Å²) >= 11 is 0. The van der Waals surface area contributed by atoms with Crippen molar-refractivity contribution in [2.75, 3.05) is 0 Å². The van der Waals surface area contributed by atoms with E-state index in [9.17, 15) is 0 Å². The highest BCUT2D eigenvalue weighted by Gasteiger charge is 2.27. The monoisotopic (exact) mass is 184 g/mol. The summed E-state index contributed by atoms with van der Waals surface area (Å²) in [5, 5.41) is 7.20. The van der Waals surface area contributed by atoms with Gasteiger partial charge in [-0.25, -0.2) is 0 Å². The number of nitrogens with one attached hydrogen (secondary N) is 2. The molecule has 78 valence electrons. The molecule has 1 aliphatic carbocycles. The summed E-state index contributed by atoms with van der Waals surface area (Å²) in [5.41, 5.74) is 0. The maximum absolute atomic E-state index is 3.60. The maximum atomic E-state index is 3.60. The Hall–Kier alpha value is -0.0800. The van der Waals surface area contributed by atoms with Gasteiger partial charge in [0.2, 0.25) is 0 Å². The molecule has 0 aliphatic heterocycles. The molecule has 13 heavy (non-hydrogen) atoms. The fourth-order valence-corrected chi connectivity index (χ4v) is 1.81. The standard InChI is InChI=1S/C11H24N2/c1-8(2)12-11(13-9(3)4)10-6-5-7-10/h8-13H,5-7H2,1-4H3. The van der Waals surface area contributed by atoms with Crippen molar-refractivity contribution in [3.63, 3.8) is 0 Å². The first-order valence-corrected chi connectivity index (χ1v) is 5.61. The second-order valence-electron chi connectivity index (χ2n) is 4.81. The van der Waals surface area contributed by atoms with E-state index < -0.39 is 0 Å². The largest absolute Gasteiger partial charge is 0.299 e. The van der Waals surface area contributed by atoms with E-state index in [0.717, 1.165) is 5.92 Å². The first-order chi connectivity index (χ1) is 6.09. The van der Waals surface area contributed by atoms with Gasteiger partial charge in [0.05, 0.1) is 6.17 Å². The third-order valence-electron chi connectivity index (χ3n) is 2.65. The van der Waals surface area contributed by atoms with Crippen LogP contribution in [0.4, 0.5) is 0 Å². The van der Waals surface area contributed by atoms with E-state index in [-0.39, 0.29) is 0 Å². The van der Waals surface area contributed by atoms with E-state index >= 15 is 0 Å². The zero-order valence-electron chi connectivity index (χ0n) is 9.43. The molecule has 0 radical (unpaired) electrons. The van der Waals surface area contributed by atoms with Crippen LogP contribution >= 0.6 is 0 Å². The van der Waals surface area contributed by atoms with Crippen molar-refractivity contribution in [2.24, 2.45) is 5.92 Å². The molecule has 0 aromatic heterocycles. The average Bonchev–Trinajstić information content (AvgIpc) is 1.78. The van der Waals surface area contributed by atoms with Crippen molar-refractivity contribution in [2.45, 2.75) is 65.2 Å². The second-order valence-corrected chi connectivity index (χ2v) is 4.81. The molecule has 0 bridgehead atoms. The van der Waals surface area contributed by atoms with Gasteiger partial charge in [0.15, 0.2) is 0 Å². The third-order valence-corrected chi connectivity index (χ3v) is 2.65. The van der Waals surface area contributed by atoms with Gasteiger partial charge >= 0.3 is 0 Å². The Labute approximate surface area is 82.5 Å². The molecule has 1 fully saturated rings. The molecule has 1 saturated carbocycles. The third kappa shape index (κ3) is 3.65. The average molecular weight is 184 g/mol. The van der Waals surface area contributed by atoms with Gasteiger partial charge in [-0.15, -0.1) is 0 Å². The SMILES string of the molecule is CC(C)NC(NC(C)C)C1CCC1. The molecule has 0 unspecified atom stereocenters. The minimum Gasteiger partial charge on any atom is -0.299 e. The Balaban J connectivity index is 2.33. The van der Waals surface area contributed by atoms with Crippen LogP contribution < -0.4 is 10.6 Å². The van der Waals surface area contributed by atoms with Crippen molar-refractivity contribution in [3.05, 3.63) is 0 Å². The minimum atomic E-state index is 0.536. The molecule has 0 amide bonds. The predicted octanol–water partition coefficient (Wildman–Crippen LogP) is 2.11. The number of hydrogen-bond donors (Lipinski definition) is 2. The summed E-state index contributed by atoms with van der Waals surface area (Å²) in [5.74, 6) is 0.866. The van der Waals surface area contributed by atoms with Crippen LogP contribution in [0.25, 0.3) is 0 Å². The van der Waals surface area contributed by atoms with E-state index in [1.165, 1.54) is 19.3 Å². The van der Waals surface area contributed by atoms with Crippen LogP contribution in [0, 0.1) is 5.92 Å². The van der Waals surface area contributed by atoms with Crippen LogP contribution in [0.5, 0.6) is 0 Å². The van der Waals surface area contributed by atoms with Gasteiger partial charge in [0, 0.05) is 12.1 Å². The highest BCUT2D eigenvalue weighted by molar-refractivity contribution is 4.83. The van der Waals surface area contributed by atoms with Crippen LogP contribution in [-0.4, -0.2) is 18.2 Å². The lowest BCUT2D eigenvalue weighted by Gasteiger charge is -2.37. The van der Waals surface area contributed by atoms with Crippen molar-refractivity contribution in [3.8, 4) is 0 Å². The first-order valence-electron chi connectivity index (χ1n) is 5.61. The van der Waals surface area contributed by atoms with E-state index in [1.807, 2.05) is 0 Å². The van der Waals surface area contributed by atoms with Crippen molar-refractivity contribution < 1.29 is 0 Å². The molecule has 2 heteroatoms. The topological polar surface area (TPSA) is 24.1 Å². The lowest BCUT2D eigenvalue weighted by atomic mass is 9.82. The van der Waals surface area contributed by atoms with Gasteiger partial charge in [-0.05, 0) is 46.5 Å². The molecule has 1 rings (SSSR count). The van der Waals surface area contributed by atoms with Crippen LogP contribution in [0.2, 0.25) is 0 Å². The first kappa shape index (κ1) is 11.0. The normalized spacial score (nSPS) is 18.7. The Morgan fingerprint density at radius 2 is 1.38 bits per heavy atom. The van der Waals surface area contributed by atoms with E-state index in [4.69, 9.17) is 0 Å². The lowest BCUT2D eigenvalue weighted by molar-refractivity contribution is 0.180. The molecule has 0 atom stereocenters. The molecule has 0 spiro atoms. The molecule has 2 nitrogen and oxygen atoms in total. The van der Waals surface area contributed by atoms with Gasteiger partial charge in [-0.2, -0.15) is 0 Å². The highest BCUT2D eigenvalue weighted by Crippen LogP contribution is 2.28. The van der Waals surface area contributed by atoms with E-state index in [2.05, 4.69) is 38.3 Å². The lowest BCUT2D eigenvalue weighted by Crippen LogP contribution is -2.54. The fraction of sp³-hybridized carbons (Fsp3) is 1.00. The van der Waals surface area contributed by atoms with Gasteiger partial charge in [-0.1, -0.05) is 6.42 Å². The van der Waals surface area contributed by atoms with Crippen LogP contribution in [0.1, 0.15) is 47.0 Å². The minimum absolute atomic E-state index is 0.536. The summed E-state index contributed by atoms with van der Waals surface area (Å²) in [6, 6.07) is 1.16. The summed E-state index contributed by atoms with van der Waals surface area (Å²) in [6.45, 7) is 8.86. The molecule has 2 N–H and O–H groups in total. The van der Waals surface area contributed by atoms with Crippen molar-refractivity contribution >= 4 is 0 Å². The van der Waals surface area contributed by atoms with E-state index in [1.54, 1.807) is 0 Å². The Bertz CT molecular complexity index is 129. The maximum Gasteiger partial charge on any atom is 0.0604 e. The zero-order chi connectivity index (χ0) is 9.84. The van der Waals surface area contributed by atoms with Crippen LogP contribution in [-0.2, 0) is 0 Å². The molecule has 0 heterocycles. The molecule has 0 aromatic carbocycles.